The Morgan fingerprint density at radius 1 is 1.43 bits per heavy atom. The van der Waals surface area contributed by atoms with Crippen LogP contribution in [0.5, 0.6) is 5.75 Å². The lowest BCUT2D eigenvalue weighted by atomic mass is 10.2. The van der Waals surface area contributed by atoms with Gasteiger partial charge in [0.2, 0.25) is 0 Å². The molecule has 0 saturated heterocycles. The summed E-state index contributed by atoms with van der Waals surface area (Å²) in [6, 6.07) is 7.13. The van der Waals surface area contributed by atoms with E-state index in [-0.39, 0.29) is 18.7 Å². The van der Waals surface area contributed by atoms with Crippen LogP contribution in [-0.4, -0.2) is 42.3 Å². The molecule has 6 nitrogen and oxygen atoms in total. The van der Waals surface area contributed by atoms with Crippen LogP contribution < -0.4 is 10.1 Å². The summed E-state index contributed by atoms with van der Waals surface area (Å²) in [6.45, 7) is 7.01. The Morgan fingerprint density at radius 3 is 2.87 bits per heavy atom. The second-order valence-corrected chi connectivity index (χ2v) is 5.23. The molecular formula is C17H24N2O4. The van der Waals surface area contributed by atoms with Gasteiger partial charge in [-0.2, -0.15) is 0 Å². The summed E-state index contributed by atoms with van der Waals surface area (Å²) < 4.78 is 11.4. The number of amides is 2. The Labute approximate surface area is 136 Å². The van der Waals surface area contributed by atoms with Gasteiger partial charge in [-0.25, -0.2) is 4.79 Å². The fourth-order valence-corrected chi connectivity index (χ4v) is 2.41. The van der Waals surface area contributed by atoms with Crippen LogP contribution in [0.4, 0.5) is 4.79 Å². The molecule has 1 unspecified atom stereocenters. The standard InChI is InChI=1S/C17H24N2O4/c1-4-19(9-10-20)17(21)18-12(3)15-11-13-7-6-8-14(22-5-2)16(13)23-15/h6-8,11-12,20H,4-5,9-10H2,1-3H3,(H,18,21). The predicted octanol–water partition coefficient (Wildman–Crippen LogP) is 2.92. The molecule has 6 heteroatoms. The first-order valence-corrected chi connectivity index (χ1v) is 7.92. The Balaban J connectivity index is 2.16. The SMILES string of the molecule is CCOc1cccc2cc(C(C)NC(=O)N(CC)CCO)oc12. The minimum atomic E-state index is -0.280. The van der Waals surface area contributed by atoms with Crippen LogP contribution in [-0.2, 0) is 0 Å². The van der Waals surface area contributed by atoms with E-state index in [0.29, 0.717) is 36.8 Å². The summed E-state index contributed by atoms with van der Waals surface area (Å²) in [5.74, 6) is 1.37. The van der Waals surface area contributed by atoms with E-state index in [2.05, 4.69) is 5.32 Å². The van der Waals surface area contributed by atoms with Gasteiger partial charge in [0, 0.05) is 18.5 Å². The number of ether oxygens (including phenoxy) is 1. The summed E-state index contributed by atoms with van der Waals surface area (Å²) >= 11 is 0. The number of nitrogens with one attached hydrogen (secondary N) is 1. The molecule has 0 aliphatic carbocycles. The van der Waals surface area contributed by atoms with Gasteiger partial charge in [0.1, 0.15) is 5.76 Å². The largest absolute Gasteiger partial charge is 0.490 e. The van der Waals surface area contributed by atoms with Crippen molar-refractivity contribution >= 4 is 17.0 Å². The number of fused-ring (bicyclic) bond motifs is 1. The average Bonchev–Trinajstić information content (AvgIpc) is 2.98. The highest BCUT2D eigenvalue weighted by Crippen LogP contribution is 2.31. The average molecular weight is 320 g/mol. The van der Waals surface area contributed by atoms with Crippen molar-refractivity contribution in [3.8, 4) is 5.75 Å². The zero-order valence-corrected chi connectivity index (χ0v) is 13.8. The van der Waals surface area contributed by atoms with E-state index in [9.17, 15) is 4.79 Å². The highest BCUT2D eigenvalue weighted by molar-refractivity contribution is 5.84. The number of aliphatic hydroxyl groups is 1. The Bertz CT molecular complexity index is 653. The van der Waals surface area contributed by atoms with E-state index >= 15 is 0 Å². The van der Waals surface area contributed by atoms with E-state index < -0.39 is 0 Å². The van der Waals surface area contributed by atoms with Crippen LogP contribution in [0.3, 0.4) is 0 Å². The topological polar surface area (TPSA) is 74.9 Å². The number of benzene rings is 1. The van der Waals surface area contributed by atoms with Gasteiger partial charge in [-0.05, 0) is 32.9 Å². The number of likely N-dealkylation sites (N-methyl/N-ethyl adjacent to an activating group) is 1. The summed E-state index contributed by atoms with van der Waals surface area (Å²) in [5, 5.41) is 12.8. The summed E-state index contributed by atoms with van der Waals surface area (Å²) in [5.41, 5.74) is 0.688. The number of carbonyl (C=O) groups excluding carboxylic acids is 1. The lowest BCUT2D eigenvalue weighted by Crippen LogP contribution is -2.42. The van der Waals surface area contributed by atoms with Crippen LogP contribution in [0, 0.1) is 0 Å². The van der Waals surface area contributed by atoms with Crippen molar-refractivity contribution in [1.29, 1.82) is 0 Å². The second kappa shape index (κ2) is 7.87. The van der Waals surface area contributed by atoms with Crippen LogP contribution in [0.25, 0.3) is 11.0 Å². The molecule has 1 aromatic heterocycles. The number of urea groups is 1. The fourth-order valence-electron chi connectivity index (χ4n) is 2.41. The molecule has 126 valence electrons. The van der Waals surface area contributed by atoms with Crippen molar-refractivity contribution in [1.82, 2.24) is 10.2 Å². The molecule has 1 atom stereocenters. The summed E-state index contributed by atoms with van der Waals surface area (Å²) in [7, 11) is 0. The first-order valence-electron chi connectivity index (χ1n) is 7.92. The minimum absolute atomic E-state index is 0.0575. The maximum Gasteiger partial charge on any atom is 0.318 e. The molecule has 0 radical (unpaired) electrons. The zero-order chi connectivity index (χ0) is 16.8. The maximum absolute atomic E-state index is 12.2. The maximum atomic E-state index is 12.2. The highest BCUT2D eigenvalue weighted by atomic mass is 16.5. The lowest BCUT2D eigenvalue weighted by Gasteiger charge is -2.22. The zero-order valence-electron chi connectivity index (χ0n) is 13.8. The first kappa shape index (κ1) is 17.1. The van der Waals surface area contributed by atoms with Crippen molar-refractivity contribution < 1.29 is 19.1 Å². The van der Waals surface area contributed by atoms with Crippen molar-refractivity contribution in [2.24, 2.45) is 0 Å². The quantitative estimate of drug-likeness (QED) is 0.822. The monoisotopic (exact) mass is 320 g/mol. The van der Waals surface area contributed by atoms with Gasteiger partial charge in [0.25, 0.3) is 0 Å². The van der Waals surface area contributed by atoms with E-state index in [1.165, 1.54) is 0 Å². The van der Waals surface area contributed by atoms with E-state index in [4.69, 9.17) is 14.3 Å². The van der Waals surface area contributed by atoms with Gasteiger partial charge in [0.15, 0.2) is 11.3 Å². The van der Waals surface area contributed by atoms with Gasteiger partial charge < -0.3 is 24.5 Å². The molecule has 2 N–H and O–H groups in total. The molecule has 2 aromatic rings. The number of rotatable bonds is 7. The number of hydrogen-bond donors (Lipinski definition) is 2. The molecule has 0 aliphatic heterocycles. The first-order chi connectivity index (χ1) is 11.1. The Hall–Kier alpha value is -2.21. The van der Waals surface area contributed by atoms with Crippen LogP contribution >= 0.6 is 0 Å². The second-order valence-electron chi connectivity index (χ2n) is 5.23. The number of nitrogens with zero attached hydrogens (tertiary/aromatic N) is 1. The van der Waals surface area contributed by atoms with Crippen LogP contribution in [0.1, 0.15) is 32.6 Å². The van der Waals surface area contributed by atoms with Gasteiger partial charge in [-0.15, -0.1) is 0 Å². The van der Waals surface area contributed by atoms with Crippen molar-refractivity contribution in [3.05, 3.63) is 30.0 Å². The molecule has 2 amide bonds. The third kappa shape index (κ3) is 3.96. The van der Waals surface area contributed by atoms with Crippen molar-refractivity contribution in [3.63, 3.8) is 0 Å². The van der Waals surface area contributed by atoms with Gasteiger partial charge in [-0.3, -0.25) is 0 Å². The third-order valence-electron chi connectivity index (χ3n) is 3.63. The van der Waals surface area contributed by atoms with E-state index in [1.54, 1.807) is 4.90 Å². The summed E-state index contributed by atoms with van der Waals surface area (Å²) in [6.07, 6.45) is 0. The highest BCUT2D eigenvalue weighted by Gasteiger charge is 2.18. The van der Waals surface area contributed by atoms with Gasteiger partial charge in [-0.1, -0.05) is 12.1 Å². The Morgan fingerprint density at radius 2 is 2.22 bits per heavy atom. The fraction of sp³-hybridized carbons (Fsp3) is 0.471. The number of aliphatic hydroxyl groups excluding tert-OH is 1. The lowest BCUT2D eigenvalue weighted by molar-refractivity contribution is 0.176. The van der Waals surface area contributed by atoms with E-state index in [0.717, 1.165) is 5.39 Å². The Kier molecular flexibility index (Phi) is 5.87. The predicted molar refractivity (Wildman–Crippen MR) is 88.7 cm³/mol. The van der Waals surface area contributed by atoms with E-state index in [1.807, 2.05) is 45.0 Å². The molecule has 0 bridgehead atoms. The van der Waals surface area contributed by atoms with Crippen LogP contribution in [0.15, 0.2) is 28.7 Å². The minimum Gasteiger partial charge on any atom is -0.490 e. The molecular weight excluding hydrogens is 296 g/mol. The number of para-hydroxylation sites is 1. The van der Waals surface area contributed by atoms with Crippen molar-refractivity contribution in [2.75, 3.05) is 26.3 Å². The van der Waals surface area contributed by atoms with Gasteiger partial charge >= 0.3 is 6.03 Å². The molecule has 23 heavy (non-hydrogen) atoms. The molecule has 0 spiro atoms. The number of carbonyl (C=O) groups is 1. The van der Waals surface area contributed by atoms with Crippen LogP contribution in [0.2, 0.25) is 0 Å². The molecule has 0 saturated carbocycles. The molecule has 0 aliphatic rings. The number of hydrogen-bond acceptors (Lipinski definition) is 4. The summed E-state index contributed by atoms with van der Waals surface area (Å²) in [4.78, 5) is 13.7. The van der Waals surface area contributed by atoms with Crippen molar-refractivity contribution in [2.45, 2.75) is 26.8 Å². The number of furan rings is 1. The third-order valence-corrected chi connectivity index (χ3v) is 3.63. The normalized spacial score (nSPS) is 12.2. The molecule has 2 rings (SSSR count). The molecule has 1 heterocycles. The molecule has 1 aromatic carbocycles. The molecule has 0 fully saturated rings. The van der Waals surface area contributed by atoms with Gasteiger partial charge in [0.05, 0.1) is 19.3 Å². The smallest absolute Gasteiger partial charge is 0.318 e.